The Morgan fingerprint density at radius 2 is 1.85 bits per heavy atom. The maximum absolute atomic E-state index is 12.5. The van der Waals surface area contributed by atoms with Crippen molar-refractivity contribution in [1.82, 2.24) is 29.6 Å². The highest BCUT2D eigenvalue weighted by Gasteiger charge is 2.28. The molecule has 0 saturated carbocycles. The van der Waals surface area contributed by atoms with Crippen LogP contribution < -0.4 is 9.64 Å². The first-order valence-electron chi connectivity index (χ1n) is 13.9. The fourth-order valence-corrected chi connectivity index (χ4v) is 5.29. The molecular formula is C29H35N7O4. The number of piperazine rings is 1. The van der Waals surface area contributed by atoms with Crippen LogP contribution in [0.15, 0.2) is 36.9 Å². The summed E-state index contributed by atoms with van der Waals surface area (Å²) in [6, 6.07) is 6.01. The predicted molar refractivity (Wildman–Crippen MR) is 151 cm³/mol. The fraction of sp³-hybridized carbons (Fsp3) is 0.483. The lowest BCUT2D eigenvalue weighted by molar-refractivity contribution is -0.0366. The number of pyridine rings is 1. The van der Waals surface area contributed by atoms with Gasteiger partial charge in [-0.1, -0.05) is 6.07 Å². The maximum Gasteiger partial charge on any atom is 0.410 e. The lowest BCUT2D eigenvalue weighted by atomic mass is 10.1. The molecule has 0 bridgehead atoms. The summed E-state index contributed by atoms with van der Waals surface area (Å²) in [5.41, 5.74) is 2.04. The largest absolute Gasteiger partial charge is 0.444 e. The summed E-state index contributed by atoms with van der Waals surface area (Å²) >= 11 is 0. The smallest absolute Gasteiger partial charge is 0.410 e. The molecule has 2 aliphatic rings. The van der Waals surface area contributed by atoms with Crippen LogP contribution in [0.25, 0.3) is 21.8 Å². The number of nitrogens with zero attached hydrogens (tertiary/aromatic N) is 7. The monoisotopic (exact) mass is 545 g/mol. The van der Waals surface area contributed by atoms with Crippen molar-refractivity contribution in [2.75, 3.05) is 37.7 Å². The molecule has 1 aromatic carbocycles. The molecule has 1 amide bonds. The second kappa shape index (κ2) is 10.5. The van der Waals surface area contributed by atoms with E-state index in [-0.39, 0.29) is 12.3 Å². The summed E-state index contributed by atoms with van der Waals surface area (Å²) in [5.74, 6) is 1.90. The van der Waals surface area contributed by atoms with Gasteiger partial charge in [-0.25, -0.2) is 24.4 Å². The van der Waals surface area contributed by atoms with Gasteiger partial charge in [0, 0.05) is 44.4 Å². The van der Waals surface area contributed by atoms with Crippen LogP contribution in [0.1, 0.15) is 51.8 Å². The zero-order valence-corrected chi connectivity index (χ0v) is 23.5. The summed E-state index contributed by atoms with van der Waals surface area (Å²) in [6.07, 6.45) is 7.89. The Morgan fingerprint density at radius 1 is 1.02 bits per heavy atom. The number of aryl methyl sites for hydroxylation is 1. The van der Waals surface area contributed by atoms with Crippen LogP contribution in [0.3, 0.4) is 0 Å². The number of carbonyl (C=O) groups is 1. The van der Waals surface area contributed by atoms with E-state index in [1.54, 1.807) is 17.4 Å². The number of hydrogen-bond acceptors (Lipinski definition) is 9. The van der Waals surface area contributed by atoms with E-state index in [1.165, 1.54) is 0 Å². The van der Waals surface area contributed by atoms with Crippen molar-refractivity contribution in [2.45, 2.75) is 58.8 Å². The minimum absolute atomic E-state index is 0.0661. The molecule has 2 fully saturated rings. The van der Waals surface area contributed by atoms with E-state index in [4.69, 9.17) is 14.2 Å². The van der Waals surface area contributed by atoms with E-state index in [1.807, 2.05) is 50.7 Å². The minimum atomic E-state index is -0.522. The van der Waals surface area contributed by atoms with Gasteiger partial charge >= 0.3 is 6.09 Å². The van der Waals surface area contributed by atoms with Crippen molar-refractivity contribution in [3.8, 4) is 11.6 Å². The number of amides is 1. The first-order valence-corrected chi connectivity index (χ1v) is 13.9. The second-order valence-electron chi connectivity index (χ2n) is 11.3. The molecule has 0 spiro atoms. The van der Waals surface area contributed by atoms with Gasteiger partial charge in [-0.2, -0.15) is 5.10 Å². The Bertz CT molecular complexity index is 1530. The van der Waals surface area contributed by atoms with Gasteiger partial charge in [0.15, 0.2) is 6.23 Å². The molecule has 3 aromatic heterocycles. The lowest BCUT2D eigenvalue weighted by Crippen LogP contribution is -2.50. The van der Waals surface area contributed by atoms with Gasteiger partial charge in [-0.15, -0.1) is 0 Å². The number of fused-ring (bicyclic) bond motifs is 2. The van der Waals surface area contributed by atoms with Gasteiger partial charge in [0.1, 0.15) is 29.0 Å². The number of benzene rings is 1. The third-order valence-electron chi connectivity index (χ3n) is 7.28. The highest BCUT2D eigenvalue weighted by Crippen LogP contribution is 2.37. The van der Waals surface area contributed by atoms with Crippen molar-refractivity contribution in [2.24, 2.45) is 0 Å². The average Bonchev–Trinajstić information content (AvgIpc) is 3.38. The van der Waals surface area contributed by atoms with Crippen LogP contribution in [0.5, 0.6) is 11.6 Å². The number of carbonyl (C=O) groups excluding carboxylic acids is 1. The van der Waals surface area contributed by atoms with Gasteiger partial charge < -0.3 is 24.0 Å². The Hall–Kier alpha value is -3.99. The van der Waals surface area contributed by atoms with Crippen molar-refractivity contribution < 1.29 is 19.0 Å². The molecule has 0 radical (unpaired) electrons. The number of rotatable bonds is 4. The van der Waals surface area contributed by atoms with E-state index >= 15 is 0 Å². The molecule has 0 N–H and O–H groups in total. The van der Waals surface area contributed by atoms with E-state index in [0.717, 1.165) is 53.5 Å². The van der Waals surface area contributed by atoms with E-state index in [2.05, 4.69) is 31.0 Å². The third kappa shape index (κ3) is 5.13. The molecule has 0 aliphatic carbocycles. The van der Waals surface area contributed by atoms with Crippen LogP contribution in [0.2, 0.25) is 0 Å². The second-order valence-corrected chi connectivity index (χ2v) is 11.3. The van der Waals surface area contributed by atoms with E-state index in [9.17, 15) is 4.79 Å². The first kappa shape index (κ1) is 26.2. The molecule has 2 saturated heterocycles. The molecule has 40 heavy (non-hydrogen) atoms. The molecule has 5 heterocycles. The molecular weight excluding hydrogens is 510 g/mol. The van der Waals surface area contributed by atoms with Crippen LogP contribution in [0, 0.1) is 6.92 Å². The number of ether oxygens (including phenoxy) is 3. The average molecular weight is 546 g/mol. The van der Waals surface area contributed by atoms with Crippen molar-refractivity contribution in [1.29, 1.82) is 0 Å². The van der Waals surface area contributed by atoms with Crippen LogP contribution >= 0.6 is 0 Å². The highest BCUT2D eigenvalue weighted by atomic mass is 16.6. The van der Waals surface area contributed by atoms with E-state index < -0.39 is 5.60 Å². The standard InChI is InChI=1S/C29H35N7O4/c1-19-8-9-22-21(17-33-36(22)23-7-5-6-16-38-23)25(19)39-27-24-20(10-11-30-27)26(32-18-31-24)34-12-14-35(15-13-34)28(37)40-29(2,3)4/h8-11,17-18,23H,5-7,12-16H2,1-4H3. The predicted octanol–water partition coefficient (Wildman–Crippen LogP) is 5.23. The third-order valence-corrected chi connectivity index (χ3v) is 7.28. The Balaban J connectivity index is 1.27. The molecule has 11 nitrogen and oxygen atoms in total. The van der Waals surface area contributed by atoms with Crippen molar-refractivity contribution in [3.63, 3.8) is 0 Å². The van der Waals surface area contributed by atoms with Crippen LogP contribution in [-0.2, 0) is 9.47 Å². The maximum atomic E-state index is 12.5. The molecule has 11 heteroatoms. The van der Waals surface area contributed by atoms with E-state index in [0.29, 0.717) is 43.3 Å². The van der Waals surface area contributed by atoms with Gasteiger partial charge in [-0.3, -0.25) is 0 Å². The Labute approximate surface area is 233 Å². The number of hydrogen-bond donors (Lipinski definition) is 0. The Kier molecular flexibility index (Phi) is 6.91. The Morgan fingerprint density at radius 3 is 2.60 bits per heavy atom. The van der Waals surface area contributed by atoms with Crippen LogP contribution in [0.4, 0.5) is 10.6 Å². The molecule has 210 valence electrons. The summed E-state index contributed by atoms with van der Waals surface area (Å²) in [7, 11) is 0. The van der Waals surface area contributed by atoms with Crippen molar-refractivity contribution in [3.05, 3.63) is 42.5 Å². The topological polar surface area (TPSA) is 108 Å². The van der Waals surface area contributed by atoms with Crippen molar-refractivity contribution >= 4 is 33.7 Å². The minimum Gasteiger partial charge on any atom is -0.444 e. The zero-order chi connectivity index (χ0) is 27.9. The molecule has 2 aliphatic heterocycles. The van der Waals surface area contributed by atoms with Crippen LogP contribution in [-0.4, -0.2) is 74.1 Å². The van der Waals surface area contributed by atoms with Gasteiger partial charge in [-0.05, 0) is 64.7 Å². The lowest BCUT2D eigenvalue weighted by Gasteiger charge is -2.36. The molecule has 6 rings (SSSR count). The highest BCUT2D eigenvalue weighted by molar-refractivity contribution is 5.93. The molecule has 1 atom stereocenters. The molecule has 4 aromatic rings. The summed E-state index contributed by atoms with van der Waals surface area (Å²) in [5, 5.41) is 6.41. The fourth-order valence-electron chi connectivity index (χ4n) is 5.29. The number of anilines is 1. The molecule has 1 unspecified atom stereocenters. The number of aromatic nitrogens is 5. The SMILES string of the molecule is Cc1ccc2c(cnn2C2CCCCO2)c1Oc1nccc2c(N3CCN(C(=O)OC(C)(C)C)CC3)ncnc12. The normalized spacial score (nSPS) is 18.4. The van der Waals surface area contributed by atoms with Gasteiger partial charge in [0.05, 0.1) is 17.1 Å². The summed E-state index contributed by atoms with van der Waals surface area (Å²) < 4.78 is 20.0. The summed E-state index contributed by atoms with van der Waals surface area (Å²) in [6.45, 7) is 10.7. The van der Waals surface area contributed by atoms with Gasteiger partial charge in [0.2, 0.25) is 5.88 Å². The van der Waals surface area contributed by atoms with Gasteiger partial charge in [0.25, 0.3) is 0 Å². The summed E-state index contributed by atoms with van der Waals surface area (Å²) in [4.78, 5) is 30.1. The quantitative estimate of drug-likeness (QED) is 0.340. The first-order chi connectivity index (χ1) is 19.3. The zero-order valence-electron chi connectivity index (χ0n) is 23.5.